The van der Waals surface area contributed by atoms with Gasteiger partial charge in [-0.05, 0) is 20.8 Å². The summed E-state index contributed by atoms with van der Waals surface area (Å²) in [6.45, 7) is 5.49. The molecule has 0 saturated carbocycles. The van der Waals surface area contributed by atoms with Gasteiger partial charge in [-0.25, -0.2) is 14.8 Å². The summed E-state index contributed by atoms with van der Waals surface area (Å²) in [7, 11) is 0. The Balaban J connectivity index is 2.68. The molecule has 0 unspecified atom stereocenters. The van der Waals surface area contributed by atoms with Gasteiger partial charge >= 0.3 is 6.09 Å². The van der Waals surface area contributed by atoms with Gasteiger partial charge in [0.25, 0.3) is 0 Å². The van der Waals surface area contributed by atoms with E-state index in [9.17, 15) is 4.79 Å². The van der Waals surface area contributed by atoms with Crippen LogP contribution in [0.2, 0.25) is 0 Å². The second kappa shape index (κ2) is 5.24. The lowest BCUT2D eigenvalue weighted by atomic mass is 10.1. The van der Waals surface area contributed by atoms with Crippen molar-refractivity contribution in [2.75, 3.05) is 0 Å². The van der Waals surface area contributed by atoms with E-state index >= 15 is 0 Å². The van der Waals surface area contributed by atoms with Crippen molar-refractivity contribution in [2.45, 2.75) is 26.3 Å². The number of carbonyl (C=O) groups excluding carboxylic acids is 1. The topological polar surface area (TPSA) is 96.7 Å². The summed E-state index contributed by atoms with van der Waals surface area (Å²) in [5.41, 5.74) is -0.0551. The molecule has 7 nitrogen and oxygen atoms in total. The largest absolute Gasteiger partial charge is 0.414 e. The monoisotopic (exact) mass is 238 g/mol. The molecule has 17 heavy (non-hydrogen) atoms. The number of ether oxygens (including phenoxy) is 1. The van der Waals surface area contributed by atoms with E-state index in [0.717, 1.165) is 6.21 Å². The van der Waals surface area contributed by atoms with Crippen molar-refractivity contribution < 1.29 is 14.7 Å². The van der Waals surface area contributed by atoms with Crippen LogP contribution in [0.5, 0.6) is 5.88 Å². The van der Waals surface area contributed by atoms with E-state index in [-0.39, 0.29) is 11.4 Å². The normalized spacial score (nSPS) is 11.5. The lowest BCUT2D eigenvalue weighted by Crippen LogP contribution is -2.42. The van der Waals surface area contributed by atoms with E-state index in [1.807, 2.05) is 20.8 Å². The lowest BCUT2D eigenvalue weighted by molar-refractivity contribution is 0.188. The predicted octanol–water partition coefficient (Wildman–Crippen LogP) is 1.17. The van der Waals surface area contributed by atoms with Crippen LogP contribution in [0.4, 0.5) is 4.79 Å². The third-order valence-corrected chi connectivity index (χ3v) is 1.53. The Morgan fingerprint density at radius 2 is 2.24 bits per heavy atom. The summed E-state index contributed by atoms with van der Waals surface area (Å²) in [5, 5.41) is 13.8. The third kappa shape index (κ3) is 4.92. The number of nitrogens with one attached hydrogen (secondary N) is 1. The summed E-state index contributed by atoms with van der Waals surface area (Å²) >= 11 is 0. The Morgan fingerprint density at radius 3 is 2.82 bits per heavy atom. The Morgan fingerprint density at radius 1 is 1.53 bits per heavy atom. The molecule has 0 radical (unpaired) electrons. The molecule has 92 valence electrons. The first-order valence-electron chi connectivity index (χ1n) is 4.90. The van der Waals surface area contributed by atoms with Crippen molar-refractivity contribution in [1.82, 2.24) is 15.3 Å². The predicted molar refractivity (Wildman–Crippen MR) is 60.3 cm³/mol. The van der Waals surface area contributed by atoms with Crippen LogP contribution in [0.15, 0.2) is 17.5 Å². The SMILES string of the molecule is CC(C)(C)NC(=O)Oc1cc(/C=N/O)ncn1. The van der Waals surface area contributed by atoms with Crippen LogP contribution < -0.4 is 10.1 Å². The maximum Gasteiger partial charge on any atom is 0.414 e. The molecule has 7 heteroatoms. The van der Waals surface area contributed by atoms with E-state index in [2.05, 4.69) is 20.4 Å². The highest BCUT2D eigenvalue weighted by Gasteiger charge is 2.15. The van der Waals surface area contributed by atoms with Gasteiger partial charge in [-0.3, -0.25) is 0 Å². The zero-order valence-corrected chi connectivity index (χ0v) is 9.84. The van der Waals surface area contributed by atoms with Crippen LogP contribution in [0.3, 0.4) is 0 Å². The van der Waals surface area contributed by atoms with Crippen molar-refractivity contribution in [3.63, 3.8) is 0 Å². The molecule has 0 aliphatic carbocycles. The Kier molecular flexibility index (Phi) is 3.97. The van der Waals surface area contributed by atoms with Crippen LogP contribution in [-0.2, 0) is 0 Å². The fraction of sp³-hybridized carbons (Fsp3) is 0.400. The van der Waals surface area contributed by atoms with E-state index in [0.29, 0.717) is 5.69 Å². The smallest absolute Gasteiger partial charge is 0.411 e. The van der Waals surface area contributed by atoms with Crippen LogP contribution in [0.25, 0.3) is 0 Å². The third-order valence-electron chi connectivity index (χ3n) is 1.53. The van der Waals surface area contributed by atoms with E-state index in [1.54, 1.807) is 0 Å². The minimum absolute atomic E-state index is 0.0802. The highest BCUT2D eigenvalue weighted by atomic mass is 16.6. The van der Waals surface area contributed by atoms with Crippen LogP contribution in [-0.4, -0.2) is 33.0 Å². The molecule has 0 bridgehead atoms. The summed E-state index contributed by atoms with van der Waals surface area (Å²) in [4.78, 5) is 19.0. The standard InChI is InChI=1S/C10H14N4O3/c1-10(2,3)14-9(15)17-8-4-7(5-13-16)11-6-12-8/h4-6,16H,1-3H3,(H,14,15)/b13-5+. The molecular formula is C10H14N4O3. The fourth-order valence-electron chi connectivity index (χ4n) is 0.966. The van der Waals surface area contributed by atoms with Gasteiger partial charge < -0.3 is 15.3 Å². The molecule has 0 saturated heterocycles. The van der Waals surface area contributed by atoms with E-state index < -0.39 is 6.09 Å². The molecule has 1 amide bonds. The molecule has 1 aromatic rings. The number of amides is 1. The highest BCUT2D eigenvalue weighted by Crippen LogP contribution is 2.07. The molecule has 0 aliphatic heterocycles. The molecule has 0 aromatic carbocycles. The first-order chi connectivity index (χ1) is 7.90. The van der Waals surface area contributed by atoms with E-state index in [1.165, 1.54) is 12.4 Å². The van der Waals surface area contributed by atoms with Crippen molar-refractivity contribution in [2.24, 2.45) is 5.16 Å². The number of aromatic nitrogens is 2. The van der Waals surface area contributed by atoms with Gasteiger partial charge in [-0.2, -0.15) is 0 Å². The summed E-state index contributed by atoms with van der Waals surface area (Å²) in [6, 6.07) is 1.38. The Hall–Kier alpha value is -2.18. The van der Waals surface area contributed by atoms with Crippen molar-refractivity contribution in [1.29, 1.82) is 0 Å². The first kappa shape index (κ1) is 12.9. The van der Waals surface area contributed by atoms with Crippen molar-refractivity contribution in [3.8, 4) is 5.88 Å². The summed E-state index contributed by atoms with van der Waals surface area (Å²) in [5.74, 6) is 0.0802. The van der Waals surface area contributed by atoms with Crippen LogP contribution in [0, 0.1) is 0 Å². The maximum atomic E-state index is 11.4. The number of carbonyl (C=O) groups is 1. The van der Waals surface area contributed by atoms with Crippen molar-refractivity contribution >= 4 is 12.3 Å². The number of oxime groups is 1. The van der Waals surface area contributed by atoms with Crippen molar-refractivity contribution in [3.05, 3.63) is 18.1 Å². The van der Waals surface area contributed by atoms with Gasteiger partial charge in [0.05, 0.1) is 11.9 Å². The van der Waals surface area contributed by atoms with Gasteiger partial charge in [0.15, 0.2) is 0 Å². The zero-order valence-electron chi connectivity index (χ0n) is 9.84. The number of hydrogen-bond donors (Lipinski definition) is 2. The summed E-state index contributed by atoms with van der Waals surface area (Å²) < 4.78 is 4.93. The van der Waals surface area contributed by atoms with Gasteiger partial charge in [0.1, 0.15) is 6.33 Å². The second-order valence-electron chi connectivity index (χ2n) is 4.29. The Labute approximate surface area is 98.5 Å². The fourth-order valence-corrected chi connectivity index (χ4v) is 0.966. The molecule has 0 spiro atoms. The van der Waals surface area contributed by atoms with Crippen LogP contribution >= 0.6 is 0 Å². The average Bonchev–Trinajstić information content (AvgIpc) is 2.15. The lowest BCUT2D eigenvalue weighted by Gasteiger charge is -2.19. The molecule has 0 fully saturated rings. The number of nitrogens with zero attached hydrogens (tertiary/aromatic N) is 3. The molecule has 0 aliphatic rings. The maximum absolute atomic E-state index is 11.4. The summed E-state index contributed by atoms with van der Waals surface area (Å²) in [6.07, 6.45) is 1.70. The second-order valence-corrected chi connectivity index (χ2v) is 4.29. The Bertz CT molecular complexity index is 426. The molecule has 2 N–H and O–H groups in total. The molecule has 1 heterocycles. The average molecular weight is 238 g/mol. The molecular weight excluding hydrogens is 224 g/mol. The quantitative estimate of drug-likeness (QED) is 0.458. The first-order valence-corrected chi connectivity index (χ1v) is 4.90. The molecule has 1 aromatic heterocycles. The molecule has 1 rings (SSSR count). The number of rotatable bonds is 2. The van der Waals surface area contributed by atoms with Gasteiger partial charge in [-0.15, -0.1) is 0 Å². The minimum Gasteiger partial charge on any atom is -0.411 e. The van der Waals surface area contributed by atoms with Gasteiger partial charge in [0.2, 0.25) is 5.88 Å². The number of hydrogen-bond acceptors (Lipinski definition) is 6. The highest BCUT2D eigenvalue weighted by molar-refractivity contribution is 5.77. The van der Waals surface area contributed by atoms with E-state index in [4.69, 9.17) is 9.94 Å². The van der Waals surface area contributed by atoms with Crippen LogP contribution in [0.1, 0.15) is 26.5 Å². The zero-order chi connectivity index (χ0) is 12.9. The van der Waals surface area contributed by atoms with Gasteiger partial charge in [-0.1, -0.05) is 5.16 Å². The molecule has 0 atom stereocenters. The van der Waals surface area contributed by atoms with Gasteiger partial charge in [0, 0.05) is 11.6 Å². The minimum atomic E-state index is -0.608.